The van der Waals surface area contributed by atoms with Crippen LogP contribution in [0.5, 0.6) is 0 Å². The van der Waals surface area contributed by atoms with E-state index >= 15 is 0 Å². The Kier molecular flexibility index (Phi) is 8.74. The highest BCUT2D eigenvalue weighted by Gasteiger charge is 2.30. The van der Waals surface area contributed by atoms with E-state index in [4.69, 9.17) is 0 Å². The molecule has 0 N–H and O–H groups in total. The minimum atomic E-state index is -0.330. The quantitative estimate of drug-likeness (QED) is 0.310. The average molecular weight is 240 g/mol. The Morgan fingerprint density at radius 1 is 1.35 bits per heavy atom. The summed E-state index contributed by atoms with van der Waals surface area (Å²) in [4.78, 5) is 20.9. The molecule has 17 heavy (non-hydrogen) atoms. The molecule has 0 amide bonds. The Bertz CT molecular complexity index is 267. The molecule has 0 aromatic carbocycles. The smallest absolute Gasteiger partial charge is 0.330 e. The number of hydrogen-bond donors (Lipinski definition) is 0. The summed E-state index contributed by atoms with van der Waals surface area (Å²) in [7, 11) is 0. The molecule has 0 bridgehead atoms. The summed E-state index contributed by atoms with van der Waals surface area (Å²) in [6, 6.07) is 0. The number of ether oxygens (including phenoxy) is 2. The molecule has 0 aliphatic heterocycles. The van der Waals surface area contributed by atoms with Gasteiger partial charge in [0.1, 0.15) is 0 Å². The van der Waals surface area contributed by atoms with Gasteiger partial charge in [0.25, 0.3) is 0 Å². The third kappa shape index (κ3) is 9.35. The molecule has 0 unspecified atom stereocenters. The number of rotatable bonds is 6. The summed E-state index contributed by atoms with van der Waals surface area (Å²) >= 11 is 0. The van der Waals surface area contributed by atoms with E-state index in [1.54, 1.807) is 0 Å². The maximum Gasteiger partial charge on any atom is 0.330 e. The van der Waals surface area contributed by atoms with Crippen molar-refractivity contribution >= 4 is 11.9 Å². The molecule has 1 saturated carbocycles. The fraction of sp³-hybridized carbons (Fsp3) is 0.538. The minimum absolute atomic E-state index is 0.125. The Morgan fingerprint density at radius 3 is 2.41 bits per heavy atom. The van der Waals surface area contributed by atoms with E-state index in [0.29, 0.717) is 6.61 Å². The first kappa shape index (κ1) is 15.4. The van der Waals surface area contributed by atoms with Crippen LogP contribution >= 0.6 is 0 Å². The second-order valence-corrected chi connectivity index (χ2v) is 3.60. The van der Waals surface area contributed by atoms with E-state index < -0.39 is 0 Å². The highest BCUT2D eigenvalue weighted by atomic mass is 16.5. The Balaban J connectivity index is 0.000000302. The van der Waals surface area contributed by atoms with Crippen molar-refractivity contribution in [2.24, 2.45) is 5.92 Å². The van der Waals surface area contributed by atoms with E-state index in [1.165, 1.54) is 12.3 Å². The Morgan fingerprint density at radius 2 is 2.00 bits per heavy atom. The third-order valence-electron chi connectivity index (χ3n) is 2.02. The zero-order valence-corrected chi connectivity index (χ0v) is 10.3. The van der Waals surface area contributed by atoms with Gasteiger partial charge in [-0.1, -0.05) is 26.5 Å². The lowest BCUT2D eigenvalue weighted by molar-refractivity contribution is -0.139. The van der Waals surface area contributed by atoms with Crippen molar-refractivity contribution in [1.82, 2.24) is 0 Å². The molecule has 1 fully saturated rings. The van der Waals surface area contributed by atoms with Gasteiger partial charge in [-0.3, -0.25) is 4.79 Å². The van der Waals surface area contributed by atoms with Crippen molar-refractivity contribution in [3.8, 4) is 0 Å². The van der Waals surface area contributed by atoms with Gasteiger partial charge in [0.2, 0.25) is 0 Å². The Labute approximate surface area is 102 Å². The highest BCUT2D eigenvalue weighted by molar-refractivity contribution is 5.81. The van der Waals surface area contributed by atoms with Gasteiger partial charge in [-0.15, -0.1) is 0 Å². The summed E-state index contributed by atoms with van der Waals surface area (Å²) in [6.45, 7) is 9.09. The predicted molar refractivity (Wildman–Crippen MR) is 65.1 cm³/mol. The van der Waals surface area contributed by atoms with Crippen LogP contribution in [0.15, 0.2) is 25.5 Å². The monoisotopic (exact) mass is 240 g/mol. The van der Waals surface area contributed by atoms with E-state index in [0.717, 1.165) is 25.7 Å². The molecule has 4 heteroatoms. The predicted octanol–water partition coefficient (Wildman–Crippen LogP) is 2.60. The Hall–Kier alpha value is -1.58. The van der Waals surface area contributed by atoms with Gasteiger partial charge in [-0.2, -0.15) is 0 Å². The fourth-order valence-corrected chi connectivity index (χ4v) is 0.873. The average Bonchev–Trinajstić information content (AvgIpc) is 3.14. The molecule has 1 aliphatic rings. The lowest BCUT2D eigenvalue weighted by Crippen LogP contribution is -2.00. The maximum absolute atomic E-state index is 10.5. The number of esters is 2. The number of hydrogen-bond acceptors (Lipinski definition) is 4. The molecule has 0 aromatic heterocycles. The summed E-state index contributed by atoms with van der Waals surface area (Å²) in [5.41, 5.74) is 0. The second kappa shape index (κ2) is 9.63. The number of carbonyl (C=O) groups is 2. The molecular weight excluding hydrogens is 220 g/mol. The molecule has 0 aromatic rings. The van der Waals surface area contributed by atoms with Gasteiger partial charge >= 0.3 is 11.9 Å². The minimum Gasteiger partial charge on any atom is -0.463 e. The van der Waals surface area contributed by atoms with Crippen molar-refractivity contribution in [2.45, 2.75) is 32.6 Å². The molecule has 0 spiro atoms. The summed E-state index contributed by atoms with van der Waals surface area (Å²) < 4.78 is 9.17. The third-order valence-corrected chi connectivity index (χ3v) is 2.02. The summed E-state index contributed by atoms with van der Waals surface area (Å²) in [6.07, 6.45) is 6.32. The van der Waals surface area contributed by atoms with Gasteiger partial charge in [-0.05, 0) is 19.3 Å². The number of unbranched alkanes of at least 4 members (excludes halogenated alkanes) is 1. The van der Waals surface area contributed by atoms with Crippen LogP contribution in [0.2, 0.25) is 0 Å². The van der Waals surface area contributed by atoms with Crippen LogP contribution in [0.1, 0.15) is 32.6 Å². The van der Waals surface area contributed by atoms with Gasteiger partial charge in [0.15, 0.2) is 0 Å². The van der Waals surface area contributed by atoms with E-state index in [-0.39, 0.29) is 17.9 Å². The van der Waals surface area contributed by atoms with Gasteiger partial charge in [0.05, 0.1) is 18.8 Å². The largest absolute Gasteiger partial charge is 0.463 e. The van der Waals surface area contributed by atoms with Gasteiger partial charge in [-0.25, -0.2) is 4.79 Å². The fourth-order valence-electron chi connectivity index (χ4n) is 0.873. The highest BCUT2D eigenvalue weighted by Crippen LogP contribution is 2.29. The van der Waals surface area contributed by atoms with Crippen molar-refractivity contribution in [3.05, 3.63) is 25.5 Å². The van der Waals surface area contributed by atoms with Crippen LogP contribution < -0.4 is 0 Å². The lowest BCUT2D eigenvalue weighted by Gasteiger charge is -1.97. The molecule has 1 rings (SSSR count). The topological polar surface area (TPSA) is 52.6 Å². The zero-order valence-electron chi connectivity index (χ0n) is 10.3. The summed E-state index contributed by atoms with van der Waals surface area (Å²) in [5.74, 6) is -0.267. The van der Waals surface area contributed by atoms with E-state index in [2.05, 4.69) is 22.6 Å². The maximum atomic E-state index is 10.5. The van der Waals surface area contributed by atoms with Crippen molar-refractivity contribution in [1.29, 1.82) is 0 Å². The molecule has 0 saturated heterocycles. The normalized spacial score (nSPS) is 12.8. The molecule has 96 valence electrons. The van der Waals surface area contributed by atoms with Crippen molar-refractivity contribution < 1.29 is 19.1 Å². The van der Waals surface area contributed by atoms with Crippen LogP contribution in [-0.4, -0.2) is 18.5 Å². The van der Waals surface area contributed by atoms with Gasteiger partial charge < -0.3 is 9.47 Å². The first-order valence-electron chi connectivity index (χ1n) is 5.76. The second-order valence-electron chi connectivity index (χ2n) is 3.60. The first-order valence-corrected chi connectivity index (χ1v) is 5.76. The van der Waals surface area contributed by atoms with E-state index in [9.17, 15) is 9.59 Å². The van der Waals surface area contributed by atoms with Crippen LogP contribution in [0.4, 0.5) is 0 Å². The molecule has 0 atom stereocenters. The van der Waals surface area contributed by atoms with Crippen molar-refractivity contribution in [2.75, 3.05) is 6.61 Å². The SMILES string of the molecule is C=CC(=O)OCCCC.C=COC(=O)C1CC1. The van der Waals surface area contributed by atoms with Gasteiger partial charge in [0, 0.05) is 6.08 Å². The van der Waals surface area contributed by atoms with E-state index in [1.807, 2.05) is 6.92 Å². The lowest BCUT2D eigenvalue weighted by atomic mass is 10.4. The standard InChI is InChI=1S/C7H12O2.C6H8O2/c1-3-5-6-9-7(8)4-2;1-2-8-6(7)5-3-4-5/h4H,2-3,5-6H2,1H3;2,5H,1,3-4H2. The van der Waals surface area contributed by atoms with Crippen LogP contribution in [0.3, 0.4) is 0 Å². The zero-order chi connectivity index (χ0) is 13.1. The molecule has 1 aliphatic carbocycles. The molecular formula is C13H20O4. The molecule has 0 radical (unpaired) electrons. The first-order chi connectivity index (χ1) is 8.15. The van der Waals surface area contributed by atoms with Crippen LogP contribution in [0, 0.1) is 5.92 Å². The summed E-state index contributed by atoms with van der Waals surface area (Å²) in [5, 5.41) is 0. The van der Waals surface area contributed by atoms with Crippen LogP contribution in [0.25, 0.3) is 0 Å². The number of carbonyl (C=O) groups excluding carboxylic acids is 2. The molecule has 0 heterocycles. The van der Waals surface area contributed by atoms with Crippen LogP contribution in [-0.2, 0) is 19.1 Å². The van der Waals surface area contributed by atoms with Crippen molar-refractivity contribution in [3.63, 3.8) is 0 Å². The molecule has 4 nitrogen and oxygen atoms in total.